The fourth-order valence-electron chi connectivity index (χ4n) is 3.62. The summed E-state index contributed by atoms with van der Waals surface area (Å²) < 4.78 is 53.1. The minimum absolute atomic E-state index is 0.0614. The molecule has 1 aliphatic rings. The van der Waals surface area contributed by atoms with Crippen LogP contribution in [0.3, 0.4) is 0 Å². The van der Waals surface area contributed by atoms with Crippen LogP contribution in [0.25, 0.3) is 11.1 Å². The van der Waals surface area contributed by atoms with Crippen LogP contribution in [0.4, 0.5) is 0 Å². The van der Waals surface area contributed by atoms with E-state index in [-0.39, 0.29) is 29.3 Å². The minimum atomic E-state index is -3.81. The molecule has 1 aliphatic heterocycles. The summed E-state index contributed by atoms with van der Waals surface area (Å²) in [5.41, 5.74) is 1.61. The molecule has 1 unspecified atom stereocenters. The van der Waals surface area contributed by atoms with Gasteiger partial charge in [0.25, 0.3) is 0 Å². The maximum atomic E-state index is 13.1. The van der Waals surface area contributed by atoms with E-state index in [1.807, 2.05) is 0 Å². The lowest BCUT2D eigenvalue weighted by atomic mass is 10.1. The van der Waals surface area contributed by atoms with Crippen molar-refractivity contribution in [3.05, 3.63) is 82.8 Å². The number of nitrogens with zero attached hydrogens (tertiary/aromatic N) is 1. The zero-order valence-corrected chi connectivity index (χ0v) is 19.4. The van der Waals surface area contributed by atoms with Crippen LogP contribution < -0.4 is 0 Å². The van der Waals surface area contributed by atoms with Crippen molar-refractivity contribution in [3.63, 3.8) is 0 Å². The van der Waals surface area contributed by atoms with Gasteiger partial charge < -0.3 is 0 Å². The van der Waals surface area contributed by atoms with Crippen molar-refractivity contribution in [1.29, 1.82) is 0 Å². The number of rotatable bonds is 5. The molecule has 0 aliphatic carbocycles. The van der Waals surface area contributed by atoms with Crippen molar-refractivity contribution in [2.24, 2.45) is 0 Å². The van der Waals surface area contributed by atoms with E-state index in [0.717, 1.165) is 11.1 Å². The Morgan fingerprint density at radius 2 is 1.39 bits per heavy atom. The molecule has 0 radical (unpaired) electrons. The van der Waals surface area contributed by atoms with Gasteiger partial charge in [0.15, 0.2) is 9.84 Å². The SMILES string of the molecule is O=S(=O)(c1ccccc1)C1CCN(S(=O)(=O)c2ccc(-c3ccc(Cl)c(Cl)c3)cc2)C1. The van der Waals surface area contributed by atoms with Gasteiger partial charge in [-0.15, -0.1) is 0 Å². The smallest absolute Gasteiger partial charge is 0.223 e. The quantitative estimate of drug-likeness (QED) is 0.504. The van der Waals surface area contributed by atoms with Crippen LogP contribution >= 0.6 is 23.2 Å². The van der Waals surface area contributed by atoms with E-state index in [0.29, 0.717) is 10.0 Å². The number of benzene rings is 3. The first kappa shape index (κ1) is 22.3. The fourth-order valence-corrected chi connectivity index (χ4v) is 7.22. The lowest BCUT2D eigenvalue weighted by molar-refractivity contribution is 0.476. The van der Waals surface area contributed by atoms with Crippen LogP contribution in [-0.2, 0) is 19.9 Å². The van der Waals surface area contributed by atoms with Gasteiger partial charge in [-0.1, -0.05) is 59.6 Å². The van der Waals surface area contributed by atoms with Crippen LogP contribution in [0.5, 0.6) is 0 Å². The summed E-state index contributed by atoms with van der Waals surface area (Å²) in [6, 6.07) is 19.8. The van der Waals surface area contributed by atoms with Crippen molar-refractivity contribution >= 4 is 43.1 Å². The van der Waals surface area contributed by atoms with Gasteiger partial charge in [0, 0.05) is 13.1 Å². The first-order valence-electron chi connectivity index (χ1n) is 9.54. The van der Waals surface area contributed by atoms with Gasteiger partial charge in [0.2, 0.25) is 10.0 Å². The molecule has 1 heterocycles. The Kier molecular flexibility index (Phi) is 6.16. The van der Waals surface area contributed by atoms with Gasteiger partial charge in [-0.3, -0.25) is 0 Å². The van der Waals surface area contributed by atoms with Gasteiger partial charge in [0.1, 0.15) is 0 Å². The Morgan fingerprint density at radius 1 is 0.742 bits per heavy atom. The molecule has 0 spiro atoms. The number of hydrogen-bond donors (Lipinski definition) is 0. The van der Waals surface area contributed by atoms with E-state index >= 15 is 0 Å². The largest absolute Gasteiger partial charge is 0.243 e. The number of sulfone groups is 1. The molecule has 162 valence electrons. The normalized spacial score (nSPS) is 17.7. The maximum absolute atomic E-state index is 13.1. The number of sulfonamides is 1. The predicted octanol–water partition coefficient (Wildman–Crippen LogP) is 4.90. The molecule has 5 nitrogen and oxygen atoms in total. The minimum Gasteiger partial charge on any atom is -0.223 e. The molecule has 0 saturated carbocycles. The van der Waals surface area contributed by atoms with E-state index in [1.54, 1.807) is 48.5 Å². The van der Waals surface area contributed by atoms with Crippen molar-refractivity contribution in [2.75, 3.05) is 13.1 Å². The number of halogens is 2. The van der Waals surface area contributed by atoms with Crippen molar-refractivity contribution in [1.82, 2.24) is 4.31 Å². The standard InChI is InChI=1S/C22H19Cl2NO4S2/c23-21-11-8-17(14-22(21)24)16-6-9-19(10-7-16)31(28,29)25-13-12-20(15-25)30(26,27)18-4-2-1-3-5-18/h1-11,14,20H,12-13,15H2. The van der Waals surface area contributed by atoms with Crippen molar-refractivity contribution in [3.8, 4) is 11.1 Å². The van der Waals surface area contributed by atoms with E-state index in [9.17, 15) is 16.8 Å². The lowest BCUT2D eigenvalue weighted by Gasteiger charge is -2.17. The summed E-state index contributed by atoms with van der Waals surface area (Å²) in [5.74, 6) is 0. The predicted molar refractivity (Wildman–Crippen MR) is 123 cm³/mol. The average molecular weight is 496 g/mol. The molecular weight excluding hydrogens is 477 g/mol. The van der Waals surface area contributed by atoms with Crippen molar-refractivity contribution in [2.45, 2.75) is 21.5 Å². The molecule has 1 saturated heterocycles. The third-order valence-corrected chi connectivity index (χ3v) is 10.2. The van der Waals surface area contributed by atoms with Gasteiger partial charge in [-0.05, 0) is 53.9 Å². The van der Waals surface area contributed by atoms with Crippen LogP contribution in [0.1, 0.15) is 6.42 Å². The van der Waals surface area contributed by atoms with Crippen LogP contribution in [0.15, 0.2) is 82.6 Å². The van der Waals surface area contributed by atoms with Gasteiger partial charge >= 0.3 is 0 Å². The highest BCUT2D eigenvalue weighted by Gasteiger charge is 2.39. The highest BCUT2D eigenvalue weighted by molar-refractivity contribution is 7.92. The summed E-state index contributed by atoms with van der Waals surface area (Å²) in [5, 5.41) is 0.0948. The van der Waals surface area contributed by atoms with E-state index in [2.05, 4.69) is 0 Å². The van der Waals surface area contributed by atoms with Gasteiger partial charge in [0.05, 0.1) is 25.1 Å². The molecule has 31 heavy (non-hydrogen) atoms. The summed E-state index contributed by atoms with van der Waals surface area (Å²) in [6.45, 7) is 0.0989. The summed E-state index contributed by atoms with van der Waals surface area (Å²) in [6.07, 6.45) is 0.262. The van der Waals surface area contributed by atoms with Crippen LogP contribution in [0.2, 0.25) is 10.0 Å². The topological polar surface area (TPSA) is 71.5 Å². The van der Waals surface area contributed by atoms with Crippen molar-refractivity contribution < 1.29 is 16.8 Å². The summed E-state index contributed by atoms with van der Waals surface area (Å²) in [4.78, 5) is 0.333. The summed E-state index contributed by atoms with van der Waals surface area (Å²) in [7, 11) is -7.40. The zero-order valence-electron chi connectivity index (χ0n) is 16.3. The Bertz CT molecular complexity index is 1310. The Morgan fingerprint density at radius 3 is 2.03 bits per heavy atom. The molecule has 1 fully saturated rings. The summed E-state index contributed by atoms with van der Waals surface area (Å²) >= 11 is 12.0. The first-order chi connectivity index (χ1) is 14.7. The molecule has 1 atom stereocenters. The highest BCUT2D eigenvalue weighted by Crippen LogP contribution is 2.31. The van der Waals surface area contributed by atoms with Gasteiger partial charge in [-0.2, -0.15) is 4.31 Å². The molecule has 4 rings (SSSR count). The van der Waals surface area contributed by atoms with E-state index in [4.69, 9.17) is 23.2 Å². The van der Waals surface area contributed by atoms with E-state index in [1.165, 1.54) is 28.6 Å². The molecular formula is C22H19Cl2NO4S2. The Hall–Kier alpha value is -1.90. The third-order valence-electron chi connectivity index (χ3n) is 5.36. The molecule has 3 aromatic rings. The third kappa shape index (κ3) is 4.38. The zero-order chi connectivity index (χ0) is 22.2. The second-order valence-electron chi connectivity index (χ2n) is 7.29. The lowest BCUT2D eigenvalue weighted by Crippen LogP contribution is -2.32. The van der Waals surface area contributed by atoms with Crippen LogP contribution in [0, 0.1) is 0 Å². The van der Waals surface area contributed by atoms with Gasteiger partial charge in [-0.25, -0.2) is 16.8 Å². The molecule has 0 amide bonds. The highest BCUT2D eigenvalue weighted by atomic mass is 35.5. The molecule has 3 aromatic carbocycles. The monoisotopic (exact) mass is 495 g/mol. The molecule has 0 N–H and O–H groups in total. The molecule has 0 bridgehead atoms. The van der Waals surface area contributed by atoms with E-state index < -0.39 is 25.1 Å². The second kappa shape index (κ2) is 8.56. The maximum Gasteiger partial charge on any atom is 0.243 e. The average Bonchev–Trinajstić information content (AvgIpc) is 3.29. The second-order valence-corrected chi connectivity index (χ2v) is 12.3. The molecule has 0 aromatic heterocycles. The first-order valence-corrected chi connectivity index (χ1v) is 13.3. The Balaban J connectivity index is 1.54. The molecule has 9 heteroatoms. The number of hydrogen-bond acceptors (Lipinski definition) is 4. The fraction of sp³-hybridized carbons (Fsp3) is 0.182. The van der Waals surface area contributed by atoms with Crippen LogP contribution in [-0.4, -0.2) is 39.5 Å². The Labute approximate surface area is 192 Å².